The van der Waals surface area contributed by atoms with E-state index >= 15 is 0 Å². The Morgan fingerprint density at radius 2 is 2.29 bits per heavy atom. The molecule has 0 aliphatic heterocycles. The number of nitrogens with one attached hydrogen (secondary N) is 2. The average Bonchev–Trinajstić information content (AvgIpc) is 2.80. The highest BCUT2D eigenvalue weighted by molar-refractivity contribution is 6.31. The molecule has 1 aromatic carbocycles. The third kappa shape index (κ3) is 3.08. The molecule has 2 N–H and O–H groups in total. The molecule has 4 nitrogen and oxygen atoms in total. The first-order chi connectivity index (χ1) is 10.1. The summed E-state index contributed by atoms with van der Waals surface area (Å²) in [7, 11) is 0. The molecule has 0 bridgehead atoms. The molecule has 0 atom stereocenters. The number of benzene rings is 1. The molecule has 0 unspecified atom stereocenters. The van der Waals surface area contributed by atoms with Gasteiger partial charge in [0, 0.05) is 28.3 Å². The first-order valence-electron chi connectivity index (χ1n) is 6.91. The van der Waals surface area contributed by atoms with E-state index in [-0.39, 0.29) is 22.9 Å². The Kier molecular flexibility index (Phi) is 3.92. The summed E-state index contributed by atoms with van der Waals surface area (Å²) in [5, 5.41) is 9.91. The summed E-state index contributed by atoms with van der Waals surface area (Å²) in [4.78, 5) is 12.0. The Balaban J connectivity index is 1.65. The second-order valence-electron chi connectivity index (χ2n) is 5.26. The van der Waals surface area contributed by atoms with Crippen LogP contribution in [0.15, 0.2) is 24.3 Å². The zero-order valence-electron chi connectivity index (χ0n) is 11.3. The van der Waals surface area contributed by atoms with Gasteiger partial charge in [0.1, 0.15) is 5.82 Å². The summed E-state index contributed by atoms with van der Waals surface area (Å²) in [6.07, 6.45) is 3.43. The molecular formula is C15H15ClFN3O. The lowest BCUT2D eigenvalue weighted by Gasteiger charge is -2.23. The van der Waals surface area contributed by atoms with Crippen molar-refractivity contribution in [2.24, 2.45) is 0 Å². The molecule has 1 heterocycles. The quantitative estimate of drug-likeness (QED) is 0.906. The first kappa shape index (κ1) is 14.1. The lowest BCUT2D eigenvalue weighted by Crippen LogP contribution is -2.15. The van der Waals surface area contributed by atoms with E-state index in [2.05, 4.69) is 15.5 Å². The minimum absolute atomic E-state index is 0.114. The topological polar surface area (TPSA) is 57.8 Å². The maximum atomic E-state index is 13.6. The van der Waals surface area contributed by atoms with Crippen LogP contribution >= 0.6 is 11.6 Å². The monoisotopic (exact) mass is 307 g/mol. The van der Waals surface area contributed by atoms with Gasteiger partial charge in [-0.05, 0) is 25.0 Å². The number of amides is 1. The number of carbonyl (C=O) groups excluding carboxylic acids is 1. The van der Waals surface area contributed by atoms with E-state index in [0.29, 0.717) is 11.7 Å². The van der Waals surface area contributed by atoms with Crippen LogP contribution in [0.3, 0.4) is 0 Å². The number of nitrogens with zero attached hydrogens (tertiary/aromatic N) is 1. The van der Waals surface area contributed by atoms with Gasteiger partial charge < -0.3 is 5.32 Å². The predicted molar refractivity (Wildman–Crippen MR) is 78.9 cm³/mol. The largest absolute Gasteiger partial charge is 0.309 e. The average molecular weight is 308 g/mol. The Hall–Kier alpha value is -1.88. The molecule has 0 radical (unpaired) electrons. The van der Waals surface area contributed by atoms with E-state index in [1.807, 2.05) is 6.07 Å². The summed E-state index contributed by atoms with van der Waals surface area (Å²) in [6.45, 7) is 0. The van der Waals surface area contributed by atoms with Crippen molar-refractivity contribution < 1.29 is 9.18 Å². The standard InChI is InChI=1S/C15H15ClFN3O/c16-11-5-2-6-12(17)10(11)7-15(21)18-14-8-13(19-20-14)9-3-1-4-9/h2,5-6,8-9H,1,3-4,7H2,(H2,18,19,20,21). The normalized spacial score (nSPS) is 14.8. The van der Waals surface area contributed by atoms with Crippen LogP contribution in [0.4, 0.5) is 10.2 Å². The highest BCUT2D eigenvalue weighted by Gasteiger charge is 2.22. The molecule has 1 amide bonds. The number of hydrogen-bond donors (Lipinski definition) is 2. The van der Waals surface area contributed by atoms with Crippen molar-refractivity contribution in [3.05, 3.63) is 46.4 Å². The third-order valence-corrected chi connectivity index (χ3v) is 4.16. The van der Waals surface area contributed by atoms with Crippen molar-refractivity contribution in [1.29, 1.82) is 0 Å². The van der Waals surface area contributed by atoms with Gasteiger partial charge in [-0.15, -0.1) is 0 Å². The number of rotatable bonds is 4. The molecule has 1 aliphatic carbocycles. The second-order valence-corrected chi connectivity index (χ2v) is 5.67. The number of aromatic nitrogens is 2. The zero-order chi connectivity index (χ0) is 14.8. The van der Waals surface area contributed by atoms with Crippen molar-refractivity contribution >= 4 is 23.3 Å². The number of anilines is 1. The molecule has 1 saturated carbocycles. The van der Waals surface area contributed by atoms with Crippen LogP contribution in [0.5, 0.6) is 0 Å². The molecule has 1 fully saturated rings. The van der Waals surface area contributed by atoms with Crippen LogP contribution in [0.1, 0.15) is 36.4 Å². The fourth-order valence-electron chi connectivity index (χ4n) is 2.38. The molecule has 110 valence electrons. The molecular weight excluding hydrogens is 293 g/mol. The van der Waals surface area contributed by atoms with Gasteiger partial charge in [-0.3, -0.25) is 9.89 Å². The van der Waals surface area contributed by atoms with E-state index in [1.165, 1.54) is 18.6 Å². The van der Waals surface area contributed by atoms with Gasteiger partial charge in [-0.25, -0.2) is 4.39 Å². The van der Waals surface area contributed by atoms with Crippen molar-refractivity contribution in [3.8, 4) is 0 Å². The van der Waals surface area contributed by atoms with E-state index in [4.69, 9.17) is 11.6 Å². The fraction of sp³-hybridized carbons (Fsp3) is 0.333. The number of hydrogen-bond acceptors (Lipinski definition) is 2. The molecule has 2 aromatic rings. The smallest absolute Gasteiger partial charge is 0.230 e. The first-order valence-corrected chi connectivity index (χ1v) is 7.29. The van der Waals surface area contributed by atoms with Crippen molar-refractivity contribution in [1.82, 2.24) is 10.2 Å². The van der Waals surface area contributed by atoms with Crippen LogP contribution in [0.25, 0.3) is 0 Å². The van der Waals surface area contributed by atoms with Gasteiger partial charge in [0.2, 0.25) is 5.91 Å². The number of H-pyrrole nitrogens is 1. The van der Waals surface area contributed by atoms with Crippen molar-refractivity contribution in [2.45, 2.75) is 31.6 Å². The maximum absolute atomic E-state index is 13.6. The molecule has 0 spiro atoms. The summed E-state index contributed by atoms with van der Waals surface area (Å²) >= 11 is 5.91. The van der Waals surface area contributed by atoms with Crippen molar-refractivity contribution in [2.75, 3.05) is 5.32 Å². The Labute approximate surface area is 126 Å². The van der Waals surface area contributed by atoms with Crippen LogP contribution in [-0.4, -0.2) is 16.1 Å². The summed E-state index contributed by atoms with van der Waals surface area (Å²) in [5.41, 5.74) is 1.24. The van der Waals surface area contributed by atoms with Gasteiger partial charge in [0.05, 0.1) is 6.42 Å². The van der Waals surface area contributed by atoms with E-state index in [0.717, 1.165) is 18.5 Å². The Morgan fingerprint density at radius 3 is 2.95 bits per heavy atom. The summed E-state index contributed by atoms with van der Waals surface area (Å²) in [5.74, 6) is 0.169. The lowest BCUT2D eigenvalue weighted by molar-refractivity contribution is -0.115. The van der Waals surface area contributed by atoms with Gasteiger partial charge in [-0.2, -0.15) is 5.10 Å². The Morgan fingerprint density at radius 1 is 1.48 bits per heavy atom. The third-order valence-electron chi connectivity index (χ3n) is 3.81. The maximum Gasteiger partial charge on any atom is 0.230 e. The molecule has 1 aliphatic rings. The summed E-state index contributed by atoms with van der Waals surface area (Å²) in [6, 6.07) is 6.20. The van der Waals surface area contributed by atoms with Gasteiger partial charge in [-0.1, -0.05) is 24.1 Å². The Bertz CT molecular complexity index is 646. The molecule has 6 heteroatoms. The van der Waals surface area contributed by atoms with Crippen LogP contribution < -0.4 is 5.32 Å². The molecule has 3 rings (SSSR count). The number of aromatic amines is 1. The van der Waals surface area contributed by atoms with Crippen LogP contribution in [0.2, 0.25) is 5.02 Å². The minimum Gasteiger partial charge on any atom is -0.309 e. The fourth-order valence-corrected chi connectivity index (χ4v) is 2.61. The molecule has 0 saturated heterocycles. The van der Waals surface area contributed by atoms with Gasteiger partial charge >= 0.3 is 0 Å². The number of halogens is 2. The number of carbonyl (C=O) groups is 1. The van der Waals surface area contributed by atoms with Crippen LogP contribution in [0, 0.1) is 5.82 Å². The van der Waals surface area contributed by atoms with Crippen molar-refractivity contribution in [3.63, 3.8) is 0 Å². The highest BCUT2D eigenvalue weighted by Crippen LogP contribution is 2.35. The summed E-state index contributed by atoms with van der Waals surface area (Å²) < 4.78 is 13.6. The minimum atomic E-state index is -0.477. The van der Waals surface area contributed by atoms with E-state index in [9.17, 15) is 9.18 Å². The predicted octanol–water partition coefficient (Wildman–Crippen LogP) is 3.65. The van der Waals surface area contributed by atoms with Gasteiger partial charge in [0.15, 0.2) is 5.82 Å². The van der Waals surface area contributed by atoms with E-state index in [1.54, 1.807) is 6.07 Å². The van der Waals surface area contributed by atoms with Crippen LogP contribution in [-0.2, 0) is 11.2 Å². The molecule has 21 heavy (non-hydrogen) atoms. The van der Waals surface area contributed by atoms with Gasteiger partial charge in [0.25, 0.3) is 0 Å². The lowest BCUT2D eigenvalue weighted by atomic mass is 9.83. The highest BCUT2D eigenvalue weighted by atomic mass is 35.5. The SMILES string of the molecule is O=C(Cc1c(F)cccc1Cl)Nc1cc(C2CCC2)[nH]n1. The van der Waals surface area contributed by atoms with E-state index < -0.39 is 5.82 Å². The second kappa shape index (κ2) is 5.85. The zero-order valence-corrected chi connectivity index (χ0v) is 12.1. The molecule has 1 aromatic heterocycles.